The number of aliphatic hydroxyl groups is 1. The van der Waals surface area contributed by atoms with Gasteiger partial charge >= 0.3 is 11.4 Å². The van der Waals surface area contributed by atoms with Crippen LogP contribution in [0.3, 0.4) is 0 Å². The first-order valence-corrected chi connectivity index (χ1v) is 3.50. The zero-order valence-electron chi connectivity index (χ0n) is 6.92. The van der Waals surface area contributed by atoms with Crippen LogP contribution in [0.2, 0.25) is 0 Å². The van der Waals surface area contributed by atoms with Gasteiger partial charge in [0.2, 0.25) is 0 Å². The van der Waals surface area contributed by atoms with Crippen molar-refractivity contribution < 1.29 is 5.11 Å². The van der Waals surface area contributed by atoms with E-state index >= 15 is 0 Å². The van der Waals surface area contributed by atoms with Crippen molar-refractivity contribution in [1.29, 1.82) is 0 Å². The number of hydrogen-bond donors (Lipinski definition) is 3. The van der Waals surface area contributed by atoms with Crippen molar-refractivity contribution >= 4 is 0 Å². The number of H-pyrrole nitrogens is 2. The van der Waals surface area contributed by atoms with E-state index in [0.29, 0.717) is 0 Å². The summed E-state index contributed by atoms with van der Waals surface area (Å²) in [5.41, 5.74) is -2.15. The van der Waals surface area contributed by atoms with Gasteiger partial charge in [-0.2, -0.15) is 0 Å². The molecular weight excluding hydrogens is 162 g/mol. The molecule has 1 aromatic heterocycles. The van der Waals surface area contributed by atoms with Crippen molar-refractivity contribution in [2.24, 2.45) is 0 Å². The largest absolute Gasteiger partial charge is 0.389 e. The highest BCUT2D eigenvalue weighted by atomic mass is 16.3. The van der Waals surface area contributed by atoms with Crippen LogP contribution in [0, 0.1) is 0 Å². The third-order valence-corrected chi connectivity index (χ3v) is 1.31. The number of aromatic nitrogens is 3. The van der Waals surface area contributed by atoms with E-state index in [9.17, 15) is 14.7 Å². The molecular formula is C6H11N3O3. The summed E-state index contributed by atoms with van der Waals surface area (Å²) in [5, 5.41) is 13.5. The van der Waals surface area contributed by atoms with E-state index in [4.69, 9.17) is 0 Å². The van der Waals surface area contributed by atoms with Gasteiger partial charge in [0, 0.05) is 0 Å². The van der Waals surface area contributed by atoms with Crippen LogP contribution < -0.4 is 11.4 Å². The Balaban J connectivity index is 3.05. The molecule has 0 fully saturated rings. The minimum atomic E-state index is -1.07. The van der Waals surface area contributed by atoms with Crippen molar-refractivity contribution in [3.63, 3.8) is 0 Å². The molecule has 0 bridgehead atoms. The lowest BCUT2D eigenvalue weighted by atomic mass is 10.1. The minimum Gasteiger partial charge on any atom is -0.389 e. The molecule has 0 aromatic carbocycles. The third-order valence-electron chi connectivity index (χ3n) is 1.31. The summed E-state index contributed by atoms with van der Waals surface area (Å²) in [6, 6.07) is 0. The fourth-order valence-electron chi connectivity index (χ4n) is 0.865. The fourth-order valence-corrected chi connectivity index (χ4v) is 0.865. The summed E-state index contributed by atoms with van der Waals surface area (Å²) in [4.78, 5) is 21.8. The number of nitrogens with one attached hydrogen (secondary N) is 2. The average molecular weight is 173 g/mol. The Morgan fingerprint density at radius 3 is 2.08 bits per heavy atom. The molecule has 3 N–H and O–H groups in total. The second-order valence-corrected chi connectivity index (χ2v) is 3.26. The predicted molar refractivity (Wildman–Crippen MR) is 42.0 cm³/mol. The highest BCUT2D eigenvalue weighted by Gasteiger charge is 2.16. The van der Waals surface area contributed by atoms with E-state index in [0.717, 1.165) is 4.57 Å². The normalized spacial score (nSPS) is 11.9. The molecule has 1 rings (SSSR count). The summed E-state index contributed by atoms with van der Waals surface area (Å²) in [7, 11) is 0. The molecule has 0 aliphatic carbocycles. The first-order chi connectivity index (χ1) is 5.40. The second kappa shape index (κ2) is 2.63. The van der Waals surface area contributed by atoms with Crippen LogP contribution in [0.25, 0.3) is 0 Å². The Kier molecular flexibility index (Phi) is 1.93. The first-order valence-electron chi connectivity index (χ1n) is 3.50. The number of aromatic amines is 2. The molecule has 68 valence electrons. The second-order valence-electron chi connectivity index (χ2n) is 3.26. The Hall–Kier alpha value is -1.30. The van der Waals surface area contributed by atoms with Crippen LogP contribution in [0.1, 0.15) is 13.8 Å². The molecule has 0 saturated heterocycles. The maximum Gasteiger partial charge on any atom is 0.344 e. The summed E-state index contributed by atoms with van der Waals surface area (Å²) in [5.74, 6) is 0. The van der Waals surface area contributed by atoms with E-state index in [2.05, 4.69) is 10.2 Å². The Bertz CT molecular complexity index is 337. The molecule has 0 aliphatic rings. The maximum atomic E-state index is 10.9. The van der Waals surface area contributed by atoms with Gasteiger partial charge in [-0.05, 0) is 13.8 Å². The van der Waals surface area contributed by atoms with Gasteiger partial charge in [-0.3, -0.25) is 0 Å². The van der Waals surface area contributed by atoms with Crippen molar-refractivity contribution in [3.8, 4) is 0 Å². The molecule has 1 aromatic rings. The van der Waals surface area contributed by atoms with Gasteiger partial charge in [0.1, 0.15) is 0 Å². The highest BCUT2D eigenvalue weighted by Crippen LogP contribution is 2.00. The molecule has 0 amide bonds. The SMILES string of the molecule is CC(C)(O)Cn1c(=O)[nH][nH]c1=O. The van der Waals surface area contributed by atoms with Gasteiger partial charge in [0.15, 0.2) is 0 Å². The fraction of sp³-hybridized carbons (Fsp3) is 0.667. The number of rotatable bonds is 2. The zero-order chi connectivity index (χ0) is 9.35. The van der Waals surface area contributed by atoms with Gasteiger partial charge in [0.25, 0.3) is 0 Å². The van der Waals surface area contributed by atoms with Crippen molar-refractivity contribution in [1.82, 2.24) is 14.8 Å². The standard InChI is InChI=1S/C6H11N3O3/c1-6(2,12)3-9-4(10)7-8-5(9)11/h12H,3H2,1-2H3,(H,7,10)(H,8,11). The molecule has 0 saturated carbocycles. The lowest BCUT2D eigenvalue weighted by Gasteiger charge is -2.15. The van der Waals surface area contributed by atoms with Crippen LogP contribution in [0.4, 0.5) is 0 Å². The van der Waals surface area contributed by atoms with E-state index in [1.807, 2.05) is 0 Å². The van der Waals surface area contributed by atoms with Gasteiger partial charge in [0.05, 0.1) is 12.1 Å². The van der Waals surface area contributed by atoms with Crippen LogP contribution in [-0.2, 0) is 6.54 Å². The average Bonchev–Trinajstić information content (AvgIpc) is 2.16. The van der Waals surface area contributed by atoms with Crippen LogP contribution in [0.15, 0.2) is 9.59 Å². The van der Waals surface area contributed by atoms with E-state index < -0.39 is 17.0 Å². The van der Waals surface area contributed by atoms with Gasteiger partial charge in [-0.1, -0.05) is 0 Å². The molecule has 0 aliphatic heterocycles. The van der Waals surface area contributed by atoms with Crippen molar-refractivity contribution in [2.45, 2.75) is 26.0 Å². The Morgan fingerprint density at radius 2 is 1.75 bits per heavy atom. The number of nitrogens with zero attached hydrogens (tertiary/aromatic N) is 1. The van der Waals surface area contributed by atoms with Crippen molar-refractivity contribution in [2.75, 3.05) is 0 Å². The summed E-state index contributed by atoms with van der Waals surface area (Å²) in [6.45, 7) is 3.02. The topological polar surface area (TPSA) is 90.9 Å². The minimum absolute atomic E-state index is 0.0231. The van der Waals surface area contributed by atoms with Gasteiger partial charge < -0.3 is 5.11 Å². The lowest BCUT2D eigenvalue weighted by Crippen LogP contribution is -2.36. The van der Waals surface area contributed by atoms with E-state index in [1.54, 1.807) is 0 Å². The molecule has 0 atom stereocenters. The van der Waals surface area contributed by atoms with Crippen LogP contribution in [-0.4, -0.2) is 25.5 Å². The van der Waals surface area contributed by atoms with Crippen LogP contribution >= 0.6 is 0 Å². The molecule has 6 nitrogen and oxygen atoms in total. The van der Waals surface area contributed by atoms with E-state index in [1.165, 1.54) is 13.8 Å². The molecule has 0 unspecified atom stereocenters. The Morgan fingerprint density at radius 1 is 1.33 bits per heavy atom. The summed E-state index contributed by atoms with van der Waals surface area (Å²) in [6.07, 6.45) is 0. The monoisotopic (exact) mass is 173 g/mol. The van der Waals surface area contributed by atoms with Gasteiger partial charge in [-0.15, -0.1) is 0 Å². The molecule has 6 heteroatoms. The summed E-state index contributed by atoms with van der Waals surface area (Å²) < 4.78 is 0.903. The summed E-state index contributed by atoms with van der Waals surface area (Å²) >= 11 is 0. The zero-order valence-corrected chi connectivity index (χ0v) is 6.92. The Labute approximate surface area is 67.8 Å². The smallest absolute Gasteiger partial charge is 0.344 e. The van der Waals surface area contributed by atoms with Crippen LogP contribution in [0.5, 0.6) is 0 Å². The first kappa shape index (κ1) is 8.79. The molecule has 0 radical (unpaired) electrons. The predicted octanol–water partition coefficient (Wildman–Crippen LogP) is -1.36. The quantitative estimate of drug-likeness (QED) is 0.515. The van der Waals surface area contributed by atoms with E-state index in [-0.39, 0.29) is 6.54 Å². The molecule has 12 heavy (non-hydrogen) atoms. The lowest BCUT2D eigenvalue weighted by molar-refractivity contribution is 0.0595. The molecule has 1 heterocycles. The maximum absolute atomic E-state index is 10.9. The highest BCUT2D eigenvalue weighted by molar-refractivity contribution is 4.72. The van der Waals surface area contributed by atoms with Crippen molar-refractivity contribution in [3.05, 3.63) is 21.0 Å². The van der Waals surface area contributed by atoms with Gasteiger partial charge in [-0.25, -0.2) is 24.4 Å². The molecule has 0 spiro atoms. The third kappa shape index (κ3) is 1.85. The number of hydrogen-bond acceptors (Lipinski definition) is 3.